The van der Waals surface area contributed by atoms with Crippen LogP contribution in [0.25, 0.3) is 5.69 Å². The van der Waals surface area contributed by atoms with Gasteiger partial charge < -0.3 is 5.32 Å². The Morgan fingerprint density at radius 1 is 1.06 bits per heavy atom. The van der Waals surface area contributed by atoms with Crippen LogP contribution in [0.5, 0.6) is 0 Å². The molecule has 1 N–H and O–H groups in total. The molecule has 6 nitrogen and oxygen atoms in total. The molecule has 1 aliphatic heterocycles. The van der Waals surface area contributed by atoms with Crippen molar-refractivity contribution in [2.75, 3.05) is 24.2 Å². The summed E-state index contributed by atoms with van der Waals surface area (Å²) >= 11 is 1.34. The minimum Gasteiger partial charge on any atom is -0.325 e. The third-order valence-corrected chi connectivity index (χ3v) is 7.69. The van der Waals surface area contributed by atoms with E-state index in [1.54, 1.807) is 12.1 Å². The van der Waals surface area contributed by atoms with Gasteiger partial charge in [-0.1, -0.05) is 50.2 Å². The van der Waals surface area contributed by atoms with Gasteiger partial charge in [0.25, 0.3) is 0 Å². The van der Waals surface area contributed by atoms with E-state index in [-0.39, 0.29) is 23.5 Å². The first-order valence-corrected chi connectivity index (χ1v) is 13.4. The smallest absolute Gasteiger partial charge is 0.234 e. The zero-order chi connectivity index (χ0) is 24.8. The molecule has 8 heteroatoms. The minimum absolute atomic E-state index is 0.0680. The van der Waals surface area contributed by atoms with E-state index in [1.807, 2.05) is 22.8 Å². The Bertz CT molecular complexity index is 1130. The second kappa shape index (κ2) is 11.8. The zero-order valence-corrected chi connectivity index (χ0v) is 21.5. The topological polar surface area (TPSA) is 63.1 Å². The van der Waals surface area contributed by atoms with Gasteiger partial charge in [-0.25, -0.2) is 4.39 Å². The number of piperidine rings is 1. The lowest BCUT2D eigenvalue weighted by molar-refractivity contribution is -0.113. The summed E-state index contributed by atoms with van der Waals surface area (Å²) in [4.78, 5) is 15.3. The number of benzene rings is 2. The Morgan fingerprint density at radius 3 is 2.49 bits per heavy atom. The molecule has 2 heterocycles. The molecule has 1 aromatic heterocycles. The van der Waals surface area contributed by atoms with Gasteiger partial charge in [0.15, 0.2) is 11.0 Å². The highest BCUT2D eigenvalue weighted by Crippen LogP contribution is 2.30. The number of para-hydroxylation sites is 1. The number of carbonyl (C=O) groups is 1. The Hall–Kier alpha value is -2.71. The van der Waals surface area contributed by atoms with E-state index in [1.165, 1.54) is 43.2 Å². The van der Waals surface area contributed by atoms with Crippen LogP contribution < -0.4 is 5.32 Å². The van der Waals surface area contributed by atoms with Crippen LogP contribution in [0.4, 0.5) is 10.1 Å². The van der Waals surface area contributed by atoms with Gasteiger partial charge >= 0.3 is 0 Å². The predicted octanol–water partition coefficient (Wildman–Crippen LogP) is 6.20. The number of likely N-dealkylation sites (tertiary alicyclic amines) is 1. The fraction of sp³-hybridized carbons (Fsp3) is 0.444. The first kappa shape index (κ1) is 25.4. The van der Waals surface area contributed by atoms with E-state index in [4.69, 9.17) is 0 Å². The van der Waals surface area contributed by atoms with Crippen molar-refractivity contribution in [3.05, 3.63) is 65.7 Å². The lowest BCUT2D eigenvalue weighted by Gasteiger charge is -2.31. The summed E-state index contributed by atoms with van der Waals surface area (Å²) in [6.07, 6.45) is 4.61. The van der Waals surface area contributed by atoms with Crippen LogP contribution in [0.2, 0.25) is 0 Å². The molecular weight excluding hydrogens is 461 g/mol. The van der Waals surface area contributed by atoms with Crippen molar-refractivity contribution < 1.29 is 9.18 Å². The Labute approximate surface area is 211 Å². The van der Waals surface area contributed by atoms with Crippen molar-refractivity contribution in [3.63, 3.8) is 0 Å². The maximum Gasteiger partial charge on any atom is 0.234 e. The SMILES string of the molecule is CC[C@@H](C)c1ccccc1NC(=O)CSc1nnc([C@H](C)N2CCCCC2)n1-c1ccc(F)cc1. The average Bonchev–Trinajstić information content (AvgIpc) is 3.31. The molecule has 0 aliphatic carbocycles. The van der Waals surface area contributed by atoms with E-state index >= 15 is 0 Å². The molecule has 3 aromatic rings. The molecule has 4 rings (SSSR count). The number of hydrogen-bond donors (Lipinski definition) is 1. The molecule has 0 bridgehead atoms. The van der Waals surface area contributed by atoms with E-state index in [9.17, 15) is 9.18 Å². The molecule has 1 aliphatic rings. The number of thioether (sulfide) groups is 1. The van der Waals surface area contributed by atoms with Gasteiger partial charge in [0.05, 0.1) is 11.8 Å². The van der Waals surface area contributed by atoms with Crippen molar-refractivity contribution >= 4 is 23.4 Å². The highest BCUT2D eigenvalue weighted by atomic mass is 32.2. The van der Waals surface area contributed by atoms with Crippen LogP contribution >= 0.6 is 11.8 Å². The monoisotopic (exact) mass is 495 g/mol. The minimum atomic E-state index is -0.291. The van der Waals surface area contributed by atoms with Crippen molar-refractivity contribution in [1.82, 2.24) is 19.7 Å². The highest BCUT2D eigenvalue weighted by molar-refractivity contribution is 7.99. The van der Waals surface area contributed by atoms with Gasteiger partial charge in [-0.05, 0) is 81.1 Å². The standard InChI is InChI=1S/C27H34FN5OS/c1-4-19(2)23-10-6-7-11-24(23)29-25(34)18-35-27-31-30-26(20(3)32-16-8-5-9-17-32)33(27)22-14-12-21(28)13-15-22/h6-7,10-15,19-20H,4-5,8-9,16-18H2,1-3H3,(H,29,34)/t19-,20+/m1/s1. The third-order valence-electron chi connectivity index (χ3n) is 6.77. The van der Waals surface area contributed by atoms with Crippen LogP contribution in [-0.2, 0) is 4.79 Å². The molecule has 1 amide bonds. The van der Waals surface area contributed by atoms with Crippen LogP contribution in [0.1, 0.15) is 69.8 Å². The van der Waals surface area contributed by atoms with E-state index < -0.39 is 0 Å². The number of amides is 1. The van der Waals surface area contributed by atoms with Gasteiger partial charge in [-0.15, -0.1) is 10.2 Å². The molecule has 0 radical (unpaired) electrons. The predicted molar refractivity (Wildman–Crippen MR) is 140 cm³/mol. The summed E-state index contributed by atoms with van der Waals surface area (Å²) in [6.45, 7) is 8.50. The quantitative estimate of drug-likeness (QED) is 0.358. The van der Waals surface area contributed by atoms with Crippen LogP contribution in [-0.4, -0.2) is 44.4 Å². The van der Waals surface area contributed by atoms with Crippen molar-refractivity contribution in [2.45, 2.75) is 63.6 Å². The fourth-order valence-corrected chi connectivity index (χ4v) is 5.28. The number of nitrogens with one attached hydrogen (secondary N) is 1. The highest BCUT2D eigenvalue weighted by Gasteiger charge is 2.26. The van der Waals surface area contributed by atoms with Gasteiger partial charge in [0.1, 0.15) is 5.82 Å². The molecular formula is C27H34FN5OS. The Balaban J connectivity index is 1.54. The van der Waals surface area contributed by atoms with Gasteiger partial charge in [-0.3, -0.25) is 14.3 Å². The van der Waals surface area contributed by atoms with Crippen LogP contribution in [0.15, 0.2) is 53.7 Å². The molecule has 2 atom stereocenters. The summed E-state index contributed by atoms with van der Waals surface area (Å²) < 4.78 is 15.6. The number of rotatable bonds is 9. The lowest BCUT2D eigenvalue weighted by atomic mass is 9.97. The second-order valence-electron chi connectivity index (χ2n) is 9.16. The molecule has 0 spiro atoms. The van der Waals surface area contributed by atoms with Crippen LogP contribution in [0.3, 0.4) is 0 Å². The maximum absolute atomic E-state index is 13.6. The lowest BCUT2D eigenvalue weighted by Crippen LogP contribution is -2.33. The van der Waals surface area contributed by atoms with E-state index in [0.717, 1.165) is 42.3 Å². The summed E-state index contributed by atoms with van der Waals surface area (Å²) in [5.41, 5.74) is 2.78. The van der Waals surface area contributed by atoms with E-state index in [2.05, 4.69) is 47.3 Å². The van der Waals surface area contributed by atoms with Crippen LogP contribution in [0, 0.1) is 5.82 Å². The number of anilines is 1. The van der Waals surface area contributed by atoms with Crippen molar-refractivity contribution in [3.8, 4) is 5.69 Å². The third kappa shape index (κ3) is 6.11. The molecule has 0 unspecified atom stereocenters. The summed E-state index contributed by atoms with van der Waals surface area (Å²) in [7, 11) is 0. The molecule has 0 saturated carbocycles. The molecule has 2 aromatic carbocycles. The number of nitrogens with zero attached hydrogens (tertiary/aromatic N) is 4. The molecule has 1 fully saturated rings. The zero-order valence-electron chi connectivity index (χ0n) is 20.7. The number of carbonyl (C=O) groups excluding carboxylic acids is 1. The molecule has 1 saturated heterocycles. The maximum atomic E-state index is 13.6. The van der Waals surface area contributed by atoms with E-state index in [0.29, 0.717) is 11.1 Å². The molecule has 186 valence electrons. The van der Waals surface area contributed by atoms with Gasteiger partial charge in [0.2, 0.25) is 5.91 Å². The first-order valence-electron chi connectivity index (χ1n) is 12.4. The average molecular weight is 496 g/mol. The summed E-state index contributed by atoms with van der Waals surface area (Å²) in [5, 5.41) is 12.7. The summed E-state index contributed by atoms with van der Waals surface area (Å²) in [5.74, 6) is 0.987. The number of hydrogen-bond acceptors (Lipinski definition) is 5. The summed E-state index contributed by atoms with van der Waals surface area (Å²) in [6, 6.07) is 14.4. The fourth-order valence-electron chi connectivity index (χ4n) is 4.52. The molecule has 35 heavy (non-hydrogen) atoms. The van der Waals surface area contributed by atoms with Crippen molar-refractivity contribution in [2.24, 2.45) is 0 Å². The second-order valence-corrected chi connectivity index (χ2v) is 10.1. The Kier molecular flexibility index (Phi) is 8.57. The van der Waals surface area contributed by atoms with Gasteiger partial charge in [0, 0.05) is 11.4 Å². The number of aromatic nitrogens is 3. The normalized spacial score (nSPS) is 16.1. The van der Waals surface area contributed by atoms with Crippen molar-refractivity contribution in [1.29, 1.82) is 0 Å². The first-order chi connectivity index (χ1) is 17.0. The van der Waals surface area contributed by atoms with Gasteiger partial charge in [-0.2, -0.15) is 0 Å². The number of halogens is 1. The largest absolute Gasteiger partial charge is 0.325 e. The Morgan fingerprint density at radius 2 is 1.77 bits per heavy atom.